The highest BCUT2D eigenvalue weighted by molar-refractivity contribution is 6.36. The third-order valence-corrected chi connectivity index (χ3v) is 5.77. The van der Waals surface area contributed by atoms with Crippen LogP contribution in [-0.2, 0) is 19.4 Å². The van der Waals surface area contributed by atoms with Crippen LogP contribution < -0.4 is 4.90 Å². The van der Waals surface area contributed by atoms with E-state index in [0.717, 1.165) is 43.1 Å². The summed E-state index contributed by atoms with van der Waals surface area (Å²) in [6, 6.07) is 3.80. The standard InChI is InChI=1S/C21H29Cl2N3/c1-4-6-7-8-9-10-19-18(5-2)24-21-25(19)11-12-26(21)20-15(3)13-16(22)14-17(20)23/h13-14H,4-12H2,1-3H3. The second-order valence-electron chi connectivity index (χ2n) is 7.18. The molecule has 0 saturated carbocycles. The van der Waals surface area contributed by atoms with Crippen molar-refractivity contribution in [1.29, 1.82) is 0 Å². The summed E-state index contributed by atoms with van der Waals surface area (Å²) in [5, 5.41) is 1.38. The third-order valence-electron chi connectivity index (χ3n) is 5.26. The molecular weight excluding hydrogens is 365 g/mol. The summed E-state index contributed by atoms with van der Waals surface area (Å²) in [7, 11) is 0. The Hall–Kier alpha value is -1.19. The van der Waals surface area contributed by atoms with Crippen LogP contribution in [0.4, 0.5) is 11.6 Å². The molecule has 0 bridgehead atoms. The van der Waals surface area contributed by atoms with E-state index in [9.17, 15) is 0 Å². The fourth-order valence-corrected chi connectivity index (χ4v) is 4.67. The quantitative estimate of drug-likeness (QED) is 0.463. The molecule has 0 saturated heterocycles. The summed E-state index contributed by atoms with van der Waals surface area (Å²) in [4.78, 5) is 7.24. The van der Waals surface area contributed by atoms with Gasteiger partial charge in [0.25, 0.3) is 0 Å². The topological polar surface area (TPSA) is 21.1 Å². The van der Waals surface area contributed by atoms with Crippen molar-refractivity contribution >= 4 is 34.8 Å². The summed E-state index contributed by atoms with van der Waals surface area (Å²) in [5.74, 6) is 1.04. The van der Waals surface area contributed by atoms with Gasteiger partial charge in [-0.15, -0.1) is 0 Å². The zero-order valence-corrected chi connectivity index (χ0v) is 17.6. The van der Waals surface area contributed by atoms with Crippen molar-refractivity contribution in [2.24, 2.45) is 0 Å². The van der Waals surface area contributed by atoms with Crippen molar-refractivity contribution in [3.63, 3.8) is 0 Å². The van der Waals surface area contributed by atoms with Gasteiger partial charge >= 0.3 is 0 Å². The zero-order valence-electron chi connectivity index (χ0n) is 16.1. The fraction of sp³-hybridized carbons (Fsp3) is 0.571. The maximum Gasteiger partial charge on any atom is 0.210 e. The Morgan fingerprint density at radius 3 is 2.50 bits per heavy atom. The van der Waals surface area contributed by atoms with Crippen LogP contribution in [0.3, 0.4) is 0 Å². The van der Waals surface area contributed by atoms with E-state index >= 15 is 0 Å². The number of unbranched alkanes of at least 4 members (excludes halogenated alkanes) is 4. The van der Waals surface area contributed by atoms with Crippen LogP contribution in [0.15, 0.2) is 12.1 Å². The van der Waals surface area contributed by atoms with Gasteiger partial charge in [0.2, 0.25) is 5.95 Å². The maximum absolute atomic E-state index is 6.53. The molecule has 0 spiro atoms. The average molecular weight is 394 g/mol. The van der Waals surface area contributed by atoms with Gasteiger partial charge in [0.1, 0.15) is 0 Å². The van der Waals surface area contributed by atoms with E-state index < -0.39 is 0 Å². The van der Waals surface area contributed by atoms with Gasteiger partial charge in [-0.1, -0.05) is 62.7 Å². The average Bonchev–Trinajstić information content (AvgIpc) is 3.14. The Labute approximate surface area is 167 Å². The number of hydrogen-bond acceptors (Lipinski definition) is 2. The van der Waals surface area contributed by atoms with E-state index in [-0.39, 0.29) is 0 Å². The number of benzene rings is 1. The molecule has 0 atom stereocenters. The lowest BCUT2D eigenvalue weighted by atomic mass is 10.1. The Balaban J connectivity index is 1.85. The molecule has 0 N–H and O–H groups in total. The van der Waals surface area contributed by atoms with E-state index in [1.807, 2.05) is 12.1 Å². The first kappa shape index (κ1) is 19.6. The third kappa shape index (κ3) is 3.89. The van der Waals surface area contributed by atoms with Crippen LogP contribution in [0.25, 0.3) is 0 Å². The highest BCUT2D eigenvalue weighted by atomic mass is 35.5. The lowest BCUT2D eigenvalue weighted by Crippen LogP contribution is -2.16. The van der Waals surface area contributed by atoms with Crippen LogP contribution in [-0.4, -0.2) is 16.1 Å². The molecule has 142 valence electrons. The van der Waals surface area contributed by atoms with Crippen LogP contribution in [0, 0.1) is 6.92 Å². The second-order valence-corrected chi connectivity index (χ2v) is 8.02. The molecule has 3 rings (SSSR count). The lowest BCUT2D eigenvalue weighted by Gasteiger charge is -2.20. The number of aromatic nitrogens is 2. The number of halogens is 2. The highest BCUT2D eigenvalue weighted by Gasteiger charge is 2.29. The summed E-state index contributed by atoms with van der Waals surface area (Å²) < 4.78 is 2.41. The molecule has 1 aromatic heterocycles. The molecule has 0 unspecified atom stereocenters. The molecule has 5 heteroatoms. The Bertz CT molecular complexity index is 744. The molecule has 3 nitrogen and oxygen atoms in total. The van der Waals surface area contributed by atoms with Crippen LogP contribution in [0.2, 0.25) is 10.0 Å². The summed E-state index contributed by atoms with van der Waals surface area (Å²) in [6.45, 7) is 8.41. The molecule has 1 aromatic carbocycles. The number of hydrogen-bond donors (Lipinski definition) is 0. The molecule has 0 fully saturated rings. The molecule has 26 heavy (non-hydrogen) atoms. The van der Waals surface area contributed by atoms with Gasteiger partial charge in [-0.3, -0.25) is 0 Å². The number of aryl methyl sites for hydroxylation is 2. The number of nitrogens with zero attached hydrogens (tertiary/aromatic N) is 3. The van der Waals surface area contributed by atoms with E-state index in [1.165, 1.54) is 43.5 Å². The van der Waals surface area contributed by atoms with Crippen LogP contribution >= 0.6 is 23.2 Å². The zero-order chi connectivity index (χ0) is 18.7. The molecular formula is C21H29Cl2N3. The van der Waals surface area contributed by atoms with Gasteiger partial charge in [0, 0.05) is 23.8 Å². The minimum atomic E-state index is 0.681. The SMILES string of the molecule is CCCCCCCc1c(CC)nc2n1CCN2c1c(C)cc(Cl)cc1Cl. The van der Waals surface area contributed by atoms with Gasteiger partial charge in [-0.2, -0.15) is 0 Å². The minimum Gasteiger partial charge on any atom is -0.312 e. The summed E-state index contributed by atoms with van der Waals surface area (Å²) in [5.41, 5.74) is 4.79. The normalized spacial score (nSPS) is 13.5. The number of imidazole rings is 1. The first-order valence-corrected chi connectivity index (χ1v) is 10.6. The van der Waals surface area contributed by atoms with Crippen molar-refractivity contribution in [2.45, 2.75) is 72.3 Å². The molecule has 2 heterocycles. The molecule has 2 aromatic rings. The highest BCUT2D eigenvalue weighted by Crippen LogP contribution is 2.40. The van der Waals surface area contributed by atoms with E-state index in [2.05, 4.69) is 30.2 Å². The van der Waals surface area contributed by atoms with E-state index in [4.69, 9.17) is 28.2 Å². The van der Waals surface area contributed by atoms with Crippen molar-refractivity contribution in [3.05, 3.63) is 39.1 Å². The van der Waals surface area contributed by atoms with Crippen molar-refractivity contribution < 1.29 is 0 Å². The molecule has 1 aliphatic heterocycles. The molecule has 0 amide bonds. The molecule has 1 aliphatic rings. The van der Waals surface area contributed by atoms with Crippen molar-refractivity contribution in [1.82, 2.24) is 9.55 Å². The van der Waals surface area contributed by atoms with E-state index in [1.54, 1.807) is 0 Å². The summed E-state index contributed by atoms with van der Waals surface area (Å²) in [6.07, 6.45) is 8.63. The first-order chi connectivity index (χ1) is 12.6. The monoisotopic (exact) mass is 393 g/mol. The largest absolute Gasteiger partial charge is 0.312 e. The van der Waals surface area contributed by atoms with Gasteiger partial charge in [0.15, 0.2) is 0 Å². The fourth-order valence-electron chi connectivity index (χ4n) is 3.97. The number of rotatable bonds is 8. The van der Waals surface area contributed by atoms with Crippen molar-refractivity contribution in [3.8, 4) is 0 Å². The van der Waals surface area contributed by atoms with Gasteiger partial charge in [-0.05, 0) is 43.9 Å². The Morgan fingerprint density at radius 2 is 1.81 bits per heavy atom. The van der Waals surface area contributed by atoms with E-state index in [0.29, 0.717) is 10.0 Å². The Morgan fingerprint density at radius 1 is 1.04 bits per heavy atom. The first-order valence-electron chi connectivity index (χ1n) is 9.88. The summed E-state index contributed by atoms with van der Waals surface area (Å²) >= 11 is 12.7. The van der Waals surface area contributed by atoms with Crippen molar-refractivity contribution in [2.75, 3.05) is 11.4 Å². The van der Waals surface area contributed by atoms with Gasteiger partial charge in [0.05, 0.1) is 16.4 Å². The Kier molecular flexibility index (Phi) is 6.52. The second kappa shape index (κ2) is 8.67. The smallest absolute Gasteiger partial charge is 0.210 e. The number of fused-ring (bicyclic) bond motifs is 1. The van der Waals surface area contributed by atoms with Crippen LogP contribution in [0.1, 0.15) is 62.9 Å². The molecule has 0 radical (unpaired) electrons. The van der Waals surface area contributed by atoms with Crippen LogP contribution in [0.5, 0.6) is 0 Å². The van der Waals surface area contributed by atoms with Gasteiger partial charge in [-0.25, -0.2) is 4.98 Å². The van der Waals surface area contributed by atoms with Gasteiger partial charge < -0.3 is 9.47 Å². The lowest BCUT2D eigenvalue weighted by molar-refractivity contribution is 0.613. The number of anilines is 2. The predicted molar refractivity (Wildman–Crippen MR) is 112 cm³/mol. The maximum atomic E-state index is 6.53. The predicted octanol–water partition coefficient (Wildman–Crippen LogP) is 6.73. The minimum absolute atomic E-state index is 0.681. The molecule has 0 aliphatic carbocycles.